The molecule has 0 heterocycles. The van der Waals surface area contributed by atoms with Crippen LogP contribution in [0.3, 0.4) is 0 Å². The molecule has 0 aliphatic carbocycles. The molecule has 1 atom stereocenters. The van der Waals surface area contributed by atoms with Crippen LogP contribution in [0, 0.1) is 0 Å². The molecule has 88 valence electrons. The fraction of sp³-hybridized carbons (Fsp3) is 0.417. The summed E-state index contributed by atoms with van der Waals surface area (Å²) < 4.78 is 9.81. The number of carbonyl (C=O) groups excluding carboxylic acids is 1. The van der Waals surface area contributed by atoms with Crippen LogP contribution in [0.1, 0.15) is 12.5 Å². The number of carbonyl (C=O) groups is 1. The minimum atomic E-state index is -1.12. The van der Waals surface area contributed by atoms with E-state index in [0.29, 0.717) is 6.61 Å². The summed E-state index contributed by atoms with van der Waals surface area (Å²) in [6.07, 6.45) is 0. The van der Waals surface area contributed by atoms with Gasteiger partial charge in [0.15, 0.2) is 0 Å². The first-order valence-corrected chi connectivity index (χ1v) is 5.09. The van der Waals surface area contributed by atoms with Gasteiger partial charge in [-0.15, -0.1) is 0 Å². The van der Waals surface area contributed by atoms with Crippen molar-refractivity contribution in [1.29, 1.82) is 0 Å². The van der Waals surface area contributed by atoms with E-state index < -0.39 is 11.5 Å². The first-order chi connectivity index (χ1) is 7.59. The maximum absolute atomic E-state index is 11.7. The molecule has 1 unspecified atom stereocenters. The highest BCUT2D eigenvalue weighted by molar-refractivity contribution is 5.81. The van der Waals surface area contributed by atoms with E-state index in [-0.39, 0.29) is 6.61 Å². The van der Waals surface area contributed by atoms with Crippen LogP contribution in [0.4, 0.5) is 0 Å². The highest BCUT2D eigenvalue weighted by atomic mass is 16.6. The summed E-state index contributed by atoms with van der Waals surface area (Å²) >= 11 is 0. The van der Waals surface area contributed by atoms with Gasteiger partial charge in [-0.3, -0.25) is 0 Å². The summed E-state index contributed by atoms with van der Waals surface area (Å²) in [4.78, 5) is 11.7. The van der Waals surface area contributed by atoms with Crippen LogP contribution < -0.4 is 5.73 Å². The zero-order chi connectivity index (χ0) is 12.0. The first kappa shape index (κ1) is 12.7. The summed E-state index contributed by atoms with van der Waals surface area (Å²) in [6, 6.07) is 9.15. The molecule has 0 saturated heterocycles. The van der Waals surface area contributed by atoms with Gasteiger partial charge in [-0.25, -0.2) is 4.79 Å². The average Bonchev–Trinajstić information content (AvgIpc) is 2.30. The van der Waals surface area contributed by atoms with E-state index in [1.165, 1.54) is 0 Å². The van der Waals surface area contributed by atoms with E-state index in [1.807, 2.05) is 18.2 Å². The number of rotatable bonds is 5. The minimum Gasteiger partial charge on any atom is -0.462 e. The lowest BCUT2D eigenvalue weighted by molar-refractivity contribution is -0.151. The van der Waals surface area contributed by atoms with E-state index in [4.69, 9.17) is 15.2 Å². The highest BCUT2D eigenvalue weighted by Gasteiger charge is 2.31. The van der Waals surface area contributed by atoms with Gasteiger partial charge in [-0.1, -0.05) is 30.3 Å². The fourth-order valence-corrected chi connectivity index (χ4v) is 1.27. The second-order valence-electron chi connectivity index (χ2n) is 3.70. The molecule has 0 amide bonds. The molecule has 0 aromatic heterocycles. The Bertz CT molecular complexity index is 335. The van der Waals surface area contributed by atoms with Gasteiger partial charge in [0.1, 0.15) is 12.1 Å². The Labute approximate surface area is 95.3 Å². The average molecular weight is 223 g/mol. The van der Waals surface area contributed by atoms with Crippen molar-refractivity contribution < 1.29 is 14.3 Å². The Kier molecular flexibility index (Phi) is 4.46. The normalized spacial score (nSPS) is 14.2. The molecule has 4 heteroatoms. The number of hydrogen-bond acceptors (Lipinski definition) is 4. The summed E-state index contributed by atoms with van der Waals surface area (Å²) in [7, 11) is 1.55. The summed E-state index contributed by atoms with van der Waals surface area (Å²) in [5.74, 6) is -0.448. The van der Waals surface area contributed by atoms with Crippen molar-refractivity contribution in [2.24, 2.45) is 5.73 Å². The topological polar surface area (TPSA) is 61.5 Å². The number of nitrogens with two attached hydrogens (primary N) is 1. The summed E-state index contributed by atoms with van der Waals surface area (Å²) in [5, 5.41) is 0. The van der Waals surface area contributed by atoms with Crippen LogP contribution in [0.15, 0.2) is 30.3 Å². The van der Waals surface area contributed by atoms with Crippen molar-refractivity contribution in [3.05, 3.63) is 35.9 Å². The molecule has 16 heavy (non-hydrogen) atoms. The Morgan fingerprint density at radius 3 is 2.50 bits per heavy atom. The van der Waals surface area contributed by atoms with Gasteiger partial charge in [0.05, 0.1) is 6.61 Å². The van der Waals surface area contributed by atoms with Gasteiger partial charge in [-0.05, 0) is 12.5 Å². The van der Waals surface area contributed by atoms with Crippen molar-refractivity contribution >= 4 is 5.97 Å². The van der Waals surface area contributed by atoms with Gasteiger partial charge in [0, 0.05) is 7.11 Å². The van der Waals surface area contributed by atoms with Crippen molar-refractivity contribution in [3.8, 4) is 0 Å². The first-order valence-electron chi connectivity index (χ1n) is 5.09. The molecular formula is C12H17NO3. The molecule has 0 spiro atoms. The minimum absolute atomic E-state index is 0.217. The van der Waals surface area contributed by atoms with Crippen molar-refractivity contribution in [1.82, 2.24) is 0 Å². The lowest BCUT2D eigenvalue weighted by atomic mass is 9.93. The van der Waals surface area contributed by atoms with Crippen LogP contribution in [-0.4, -0.2) is 26.3 Å². The molecule has 1 aromatic rings. The van der Waals surface area contributed by atoms with Gasteiger partial charge in [-0.2, -0.15) is 0 Å². The third-order valence-electron chi connectivity index (χ3n) is 2.32. The zero-order valence-electron chi connectivity index (χ0n) is 9.60. The zero-order valence-corrected chi connectivity index (χ0v) is 9.60. The Morgan fingerprint density at radius 2 is 1.94 bits per heavy atom. The maximum atomic E-state index is 11.7. The van der Waals surface area contributed by atoms with E-state index in [0.717, 1.165) is 5.56 Å². The van der Waals surface area contributed by atoms with Gasteiger partial charge in [0.2, 0.25) is 0 Å². The van der Waals surface area contributed by atoms with Crippen LogP contribution in [0.25, 0.3) is 0 Å². The number of ether oxygens (including phenoxy) is 2. The highest BCUT2D eigenvalue weighted by Crippen LogP contribution is 2.18. The predicted octanol–water partition coefficient (Wildman–Crippen LogP) is 1.05. The molecule has 0 aliphatic rings. The molecule has 0 aliphatic heterocycles. The number of esters is 1. The second-order valence-corrected chi connectivity index (χ2v) is 3.70. The molecule has 1 aromatic carbocycles. The predicted molar refractivity (Wildman–Crippen MR) is 60.8 cm³/mol. The quantitative estimate of drug-likeness (QED) is 0.598. The summed E-state index contributed by atoms with van der Waals surface area (Å²) in [6.45, 7) is 2.23. The monoisotopic (exact) mass is 223 g/mol. The van der Waals surface area contributed by atoms with Crippen LogP contribution in [0.2, 0.25) is 0 Å². The van der Waals surface area contributed by atoms with Crippen molar-refractivity contribution in [2.75, 3.05) is 20.3 Å². The van der Waals surface area contributed by atoms with Crippen molar-refractivity contribution in [2.45, 2.75) is 12.5 Å². The summed E-state index contributed by atoms with van der Waals surface area (Å²) in [5.41, 5.74) is 5.57. The lowest BCUT2D eigenvalue weighted by Crippen LogP contribution is -2.43. The molecule has 1 rings (SSSR count). The molecule has 2 N–H and O–H groups in total. The lowest BCUT2D eigenvalue weighted by Gasteiger charge is -2.22. The molecule has 0 fully saturated rings. The second kappa shape index (κ2) is 5.63. The maximum Gasteiger partial charge on any atom is 0.330 e. The molecule has 0 bridgehead atoms. The molecule has 4 nitrogen and oxygen atoms in total. The van der Waals surface area contributed by atoms with E-state index in [9.17, 15) is 4.79 Å². The Hall–Kier alpha value is -1.39. The van der Waals surface area contributed by atoms with Crippen molar-refractivity contribution in [3.63, 3.8) is 0 Å². The Balaban J connectivity index is 2.66. The standard InChI is InChI=1S/C12H17NO3/c1-12(13,10-6-4-3-5-7-10)11(14)16-9-8-15-2/h3-7H,8-9,13H2,1-2H3. The van der Waals surface area contributed by atoms with E-state index >= 15 is 0 Å². The number of benzene rings is 1. The van der Waals surface area contributed by atoms with Gasteiger partial charge < -0.3 is 15.2 Å². The van der Waals surface area contributed by atoms with E-state index in [2.05, 4.69) is 0 Å². The fourth-order valence-electron chi connectivity index (χ4n) is 1.27. The van der Waals surface area contributed by atoms with Gasteiger partial charge in [0.25, 0.3) is 0 Å². The van der Waals surface area contributed by atoms with Crippen LogP contribution in [-0.2, 0) is 19.8 Å². The smallest absolute Gasteiger partial charge is 0.330 e. The van der Waals surface area contributed by atoms with E-state index in [1.54, 1.807) is 26.2 Å². The molecular weight excluding hydrogens is 206 g/mol. The molecule has 0 radical (unpaired) electrons. The number of methoxy groups -OCH3 is 1. The third-order valence-corrected chi connectivity index (χ3v) is 2.32. The Morgan fingerprint density at radius 1 is 1.31 bits per heavy atom. The van der Waals surface area contributed by atoms with Crippen LogP contribution in [0.5, 0.6) is 0 Å². The SMILES string of the molecule is COCCOC(=O)C(C)(N)c1ccccc1. The van der Waals surface area contributed by atoms with Crippen LogP contribution >= 0.6 is 0 Å². The molecule has 0 saturated carbocycles. The largest absolute Gasteiger partial charge is 0.462 e. The third kappa shape index (κ3) is 3.05. The van der Waals surface area contributed by atoms with Gasteiger partial charge >= 0.3 is 5.97 Å². The number of hydrogen-bond donors (Lipinski definition) is 1.